The molecule has 3 nitrogen and oxygen atoms in total. The fourth-order valence-corrected chi connectivity index (χ4v) is 1.44. The van der Waals surface area contributed by atoms with Gasteiger partial charge in [-0.1, -0.05) is 0 Å². The van der Waals surface area contributed by atoms with Gasteiger partial charge in [-0.25, -0.2) is 0 Å². The van der Waals surface area contributed by atoms with Crippen LogP contribution in [0.1, 0.15) is 20.3 Å². The molecule has 1 saturated heterocycles. The van der Waals surface area contributed by atoms with Crippen LogP contribution in [0, 0.1) is 0 Å². The zero-order valence-corrected chi connectivity index (χ0v) is 7.33. The van der Waals surface area contributed by atoms with Gasteiger partial charge in [0.1, 0.15) is 0 Å². The Balaban J connectivity index is 2.40. The van der Waals surface area contributed by atoms with Crippen LogP contribution in [0.15, 0.2) is 0 Å². The molecular formula is C8H18N2O. The second-order valence-electron chi connectivity index (χ2n) is 3.61. The van der Waals surface area contributed by atoms with Crippen LogP contribution >= 0.6 is 0 Å². The lowest BCUT2D eigenvalue weighted by atomic mass is 10.0. The Morgan fingerprint density at radius 2 is 2.18 bits per heavy atom. The first-order chi connectivity index (χ1) is 5.11. The Labute approximate surface area is 68.2 Å². The number of aliphatic hydroxyl groups is 1. The monoisotopic (exact) mass is 158 g/mol. The van der Waals surface area contributed by atoms with Crippen LogP contribution in [-0.2, 0) is 0 Å². The molecule has 0 amide bonds. The lowest BCUT2D eigenvalue weighted by molar-refractivity contribution is 0.0391. The molecule has 0 spiro atoms. The summed E-state index contributed by atoms with van der Waals surface area (Å²) in [5, 5.41) is 9.43. The summed E-state index contributed by atoms with van der Waals surface area (Å²) < 4.78 is 0. The normalized spacial score (nSPS) is 34.6. The summed E-state index contributed by atoms with van der Waals surface area (Å²) in [6.45, 7) is 6.04. The molecule has 2 atom stereocenters. The molecule has 0 aromatic carbocycles. The van der Waals surface area contributed by atoms with E-state index in [4.69, 9.17) is 5.73 Å². The third-order valence-electron chi connectivity index (χ3n) is 2.40. The molecule has 3 N–H and O–H groups in total. The van der Waals surface area contributed by atoms with Gasteiger partial charge in [0.25, 0.3) is 0 Å². The van der Waals surface area contributed by atoms with Gasteiger partial charge in [-0.2, -0.15) is 0 Å². The van der Waals surface area contributed by atoms with Gasteiger partial charge < -0.3 is 10.8 Å². The van der Waals surface area contributed by atoms with Crippen molar-refractivity contribution in [3.63, 3.8) is 0 Å². The van der Waals surface area contributed by atoms with Gasteiger partial charge in [0.15, 0.2) is 0 Å². The van der Waals surface area contributed by atoms with E-state index in [9.17, 15) is 5.11 Å². The molecule has 1 aliphatic heterocycles. The Hall–Kier alpha value is -0.120. The summed E-state index contributed by atoms with van der Waals surface area (Å²) in [4.78, 5) is 2.26. The first kappa shape index (κ1) is 8.97. The Bertz CT molecular complexity index is 127. The smallest absolute Gasteiger partial charge is 0.0818 e. The number of hydrogen-bond acceptors (Lipinski definition) is 3. The van der Waals surface area contributed by atoms with Gasteiger partial charge in [0.2, 0.25) is 0 Å². The van der Waals surface area contributed by atoms with Crippen molar-refractivity contribution in [1.82, 2.24) is 4.90 Å². The van der Waals surface area contributed by atoms with Crippen molar-refractivity contribution in [3.8, 4) is 0 Å². The first-order valence-electron chi connectivity index (χ1n) is 4.29. The molecule has 3 heteroatoms. The highest BCUT2D eigenvalue weighted by Gasteiger charge is 2.25. The fourth-order valence-electron chi connectivity index (χ4n) is 1.44. The van der Waals surface area contributed by atoms with Crippen molar-refractivity contribution in [2.24, 2.45) is 5.73 Å². The number of β-amino-alcohol motifs (C(OH)–C–C–N with tert-alkyl or cyclic N) is 1. The first-order valence-corrected chi connectivity index (χ1v) is 4.29. The molecule has 0 bridgehead atoms. The summed E-state index contributed by atoms with van der Waals surface area (Å²) in [6.07, 6.45) is 0.588. The summed E-state index contributed by atoms with van der Waals surface area (Å²) in [6, 6.07) is 0.516. The number of hydrogen-bond donors (Lipinski definition) is 2. The molecule has 2 unspecified atom stereocenters. The predicted octanol–water partition coefficient (Wildman–Crippen LogP) is -0.211. The van der Waals surface area contributed by atoms with E-state index in [-0.39, 0.29) is 12.1 Å². The van der Waals surface area contributed by atoms with E-state index in [0.717, 1.165) is 19.5 Å². The largest absolute Gasteiger partial charge is 0.390 e. The van der Waals surface area contributed by atoms with Crippen molar-refractivity contribution in [1.29, 1.82) is 0 Å². The minimum atomic E-state index is -0.328. The summed E-state index contributed by atoms with van der Waals surface area (Å²) in [5.41, 5.74) is 5.66. The Morgan fingerprint density at radius 1 is 1.55 bits per heavy atom. The van der Waals surface area contributed by atoms with Crippen LogP contribution in [-0.4, -0.2) is 41.3 Å². The van der Waals surface area contributed by atoms with Crippen molar-refractivity contribution >= 4 is 0 Å². The molecule has 0 saturated carbocycles. The molecule has 66 valence electrons. The fraction of sp³-hybridized carbons (Fsp3) is 1.00. The maximum absolute atomic E-state index is 9.43. The summed E-state index contributed by atoms with van der Waals surface area (Å²) >= 11 is 0. The SMILES string of the molecule is CC(C)N1CCC(N)C(O)C1. The van der Waals surface area contributed by atoms with Crippen LogP contribution < -0.4 is 5.73 Å². The Kier molecular flexibility index (Phi) is 2.87. The average molecular weight is 158 g/mol. The van der Waals surface area contributed by atoms with E-state index in [0.29, 0.717) is 6.04 Å². The third-order valence-corrected chi connectivity index (χ3v) is 2.40. The van der Waals surface area contributed by atoms with E-state index < -0.39 is 0 Å². The minimum absolute atomic E-state index is 0.00926. The molecule has 0 aromatic heterocycles. The highest BCUT2D eigenvalue weighted by atomic mass is 16.3. The summed E-state index contributed by atoms with van der Waals surface area (Å²) in [7, 11) is 0. The standard InChI is InChI=1S/C8H18N2O/c1-6(2)10-4-3-7(9)8(11)5-10/h6-8,11H,3-5,9H2,1-2H3. The number of aliphatic hydroxyl groups excluding tert-OH is 1. The lowest BCUT2D eigenvalue weighted by Gasteiger charge is -2.36. The number of piperidine rings is 1. The highest BCUT2D eigenvalue weighted by molar-refractivity contribution is 4.83. The van der Waals surface area contributed by atoms with Gasteiger partial charge in [0.05, 0.1) is 6.10 Å². The quantitative estimate of drug-likeness (QED) is 0.555. The van der Waals surface area contributed by atoms with Gasteiger partial charge in [-0.15, -0.1) is 0 Å². The maximum Gasteiger partial charge on any atom is 0.0818 e. The lowest BCUT2D eigenvalue weighted by Crippen LogP contribution is -2.52. The number of nitrogens with two attached hydrogens (primary N) is 1. The van der Waals surface area contributed by atoms with E-state index in [1.54, 1.807) is 0 Å². The number of nitrogens with zero attached hydrogens (tertiary/aromatic N) is 1. The average Bonchev–Trinajstić information content (AvgIpc) is 1.94. The molecule has 1 rings (SSSR count). The maximum atomic E-state index is 9.43. The molecule has 0 radical (unpaired) electrons. The molecule has 11 heavy (non-hydrogen) atoms. The molecule has 1 aliphatic rings. The van der Waals surface area contributed by atoms with Crippen molar-refractivity contribution in [2.75, 3.05) is 13.1 Å². The van der Waals surface area contributed by atoms with Gasteiger partial charge in [0, 0.05) is 25.2 Å². The molecule has 1 heterocycles. The van der Waals surface area contributed by atoms with Crippen LogP contribution in [0.3, 0.4) is 0 Å². The van der Waals surface area contributed by atoms with E-state index in [1.165, 1.54) is 0 Å². The second-order valence-corrected chi connectivity index (χ2v) is 3.61. The molecule has 0 aromatic rings. The Morgan fingerprint density at radius 3 is 2.64 bits per heavy atom. The van der Waals surface area contributed by atoms with E-state index in [2.05, 4.69) is 18.7 Å². The third kappa shape index (κ3) is 2.15. The second kappa shape index (κ2) is 3.52. The van der Waals surface area contributed by atoms with E-state index in [1.807, 2.05) is 0 Å². The van der Waals surface area contributed by atoms with Crippen LogP contribution in [0.4, 0.5) is 0 Å². The molecule has 0 aliphatic carbocycles. The minimum Gasteiger partial charge on any atom is -0.390 e. The number of likely N-dealkylation sites (tertiary alicyclic amines) is 1. The van der Waals surface area contributed by atoms with Crippen LogP contribution in [0.25, 0.3) is 0 Å². The van der Waals surface area contributed by atoms with Gasteiger partial charge in [-0.05, 0) is 20.3 Å². The van der Waals surface area contributed by atoms with Gasteiger partial charge in [-0.3, -0.25) is 4.90 Å². The summed E-state index contributed by atoms with van der Waals surface area (Å²) in [5.74, 6) is 0. The predicted molar refractivity (Wildman–Crippen MR) is 45.3 cm³/mol. The zero-order chi connectivity index (χ0) is 8.43. The number of rotatable bonds is 1. The van der Waals surface area contributed by atoms with Crippen molar-refractivity contribution in [2.45, 2.75) is 38.5 Å². The van der Waals surface area contributed by atoms with Crippen LogP contribution in [0.5, 0.6) is 0 Å². The van der Waals surface area contributed by atoms with Gasteiger partial charge >= 0.3 is 0 Å². The topological polar surface area (TPSA) is 49.5 Å². The zero-order valence-electron chi connectivity index (χ0n) is 7.33. The molecular weight excluding hydrogens is 140 g/mol. The van der Waals surface area contributed by atoms with E-state index >= 15 is 0 Å². The van der Waals surface area contributed by atoms with Crippen molar-refractivity contribution < 1.29 is 5.11 Å². The van der Waals surface area contributed by atoms with Crippen molar-refractivity contribution in [3.05, 3.63) is 0 Å². The molecule has 1 fully saturated rings. The van der Waals surface area contributed by atoms with Crippen LogP contribution in [0.2, 0.25) is 0 Å². The highest BCUT2D eigenvalue weighted by Crippen LogP contribution is 2.11.